The van der Waals surface area contributed by atoms with Crippen molar-refractivity contribution in [3.8, 4) is 5.75 Å². The number of oxazole rings is 1. The monoisotopic (exact) mass is 346 g/mol. The fourth-order valence-corrected chi connectivity index (χ4v) is 3.08. The second-order valence-corrected chi connectivity index (χ2v) is 6.26. The molecule has 0 unspecified atom stereocenters. The molecule has 0 saturated heterocycles. The molecule has 102 valence electrons. The molecule has 0 bridgehead atoms. The summed E-state index contributed by atoms with van der Waals surface area (Å²) in [6.45, 7) is 1.70. The molecule has 1 N–H and O–H groups in total. The molecule has 0 radical (unpaired) electrons. The van der Waals surface area contributed by atoms with E-state index < -0.39 is 10.0 Å². The van der Waals surface area contributed by atoms with Crippen LogP contribution < -0.4 is 9.46 Å². The normalized spacial score (nSPS) is 11.3. The highest BCUT2D eigenvalue weighted by atomic mass is 79.9. The lowest BCUT2D eigenvalue weighted by atomic mass is 10.3. The van der Waals surface area contributed by atoms with Gasteiger partial charge < -0.3 is 9.15 Å². The van der Waals surface area contributed by atoms with Crippen LogP contribution in [-0.2, 0) is 10.0 Å². The summed E-state index contributed by atoms with van der Waals surface area (Å²) in [5.41, 5.74) is 0.582. The molecule has 0 fully saturated rings. The number of halogens is 1. The van der Waals surface area contributed by atoms with Crippen molar-refractivity contribution >= 4 is 32.0 Å². The highest BCUT2D eigenvalue weighted by Crippen LogP contribution is 2.28. The smallest absolute Gasteiger partial charge is 0.309 e. The van der Waals surface area contributed by atoms with Crippen LogP contribution in [0.15, 0.2) is 38.2 Å². The molecule has 6 nitrogen and oxygen atoms in total. The van der Waals surface area contributed by atoms with Crippen molar-refractivity contribution in [2.45, 2.75) is 11.8 Å². The minimum absolute atomic E-state index is 0.000211. The van der Waals surface area contributed by atoms with Gasteiger partial charge in [0.25, 0.3) is 10.0 Å². The first-order chi connectivity index (χ1) is 8.92. The van der Waals surface area contributed by atoms with Crippen LogP contribution in [0.25, 0.3) is 0 Å². The van der Waals surface area contributed by atoms with Crippen LogP contribution in [0, 0.1) is 6.92 Å². The van der Waals surface area contributed by atoms with Gasteiger partial charge in [-0.2, -0.15) is 4.98 Å². The van der Waals surface area contributed by atoms with E-state index in [0.29, 0.717) is 10.2 Å². The fourth-order valence-electron chi connectivity index (χ4n) is 1.43. The largest absolute Gasteiger partial charge is 0.495 e. The lowest BCUT2D eigenvalue weighted by molar-refractivity contribution is 0.402. The number of ether oxygens (including phenoxy) is 1. The van der Waals surface area contributed by atoms with Gasteiger partial charge in [-0.05, 0) is 25.1 Å². The van der Waals surface area contributed by atoms with Crippen molar-refractivity contribution < 1.29 is 17.6 Å². The summed E-state index contributed by atoms with van der Waals surface area (Å²) in [7, 11) is -2.43. The fraction of sp³-hybridized carbons (Fsp3) is 0.182. The Kier molecular flexibility index (Phi) is 3.81. The van der Waals surface area contributed by atoms with Gasteiger partial charge in [0.2, 0.25) is 0 Å². The molecule has 0 spiro atoms. The molecule has 19 heavy (non-hydrogen) atoms. The van der Waals surface area contributed by atoms with Crippen LogP contribution in [0.1, 0.15) is 5.69 Å². The summed E-state index contributed by atoms with van der Waals surface area (Å²) < 4.78 is 37.3. The van der Waals surface area contributed by atoms with Gasteiger partial charge >= 0.3 is 6.01 Å². The Morgan fingerprint density at radius 2 is 2.16 bits per heavy atom. The number of sulfonamides is 1. The van der Waals surface area contributed by atoms with Crippen LogP contribution in [0.2, 0.25) is 0 Å². The molecule has 2 aromatic rings. The quantitative estimate of drug-likeness (QED) is 0.919. The first kappa shape index (κ1) is 13.9. The SMILES string of the molecule is COc1ccc(Br)cc1S(=O)(=O)Nc1nc(C)co1. The summed E-state index contributed by atoms with van der Waals surface area (Å²) in [5, 5.41) is 0. The summed E-state index contributed by atoms with van der Waals surface area (Å²) in [5.74, 6) is 0.235. The number of nitrogens with one attached hydrogen (secondary N) is 1. The van der Waals surface area contributed by atoms with Gasteiger partial charge in [0, 0.05) is 4.47 Å². The molecule has 0 aliphatic carbocycles. The predicted molar refractivity (Wildman–Crippen MR) is 72.7 cm³/mol. The third-order valence-electron chi connectivity index (χ3n) is 2.26. The third-order valence-corrected chi connectivity index (χ3v) is 4.09. The Bertz CT molecular complexity index is 696. The zero-order valence-electron chi connectivity index (χ0n) is 10.2. The van der Waals surface area contributed by atoms with Gasteiger partial charge in [-0.25, -0.2) is 13.1 Å². The molecular weight excluding hydrogens is 336 g/mol. The topological polar surface area (TPSA) is 81.4 Å². The number of aryl methyl sites for hydroxylation is 1. The number of hydrogen-bond acceptors (Lipinski definition) is 5. The molecular formula is C11H11BrN2O4S. The second-order valence-electron chi connectivity index (χ2n) is 3.69. The Hall–Kier alpha value is -1.54. The van der Waals surface area contributed by atoms with E-state index in [2.05, 4.69) is 25.6 Å². The van der Waals surface area contributed by atoms with Gasteiger partial charge in [0.05, 0.1) is 12.8 Å². The summed E-state index contributed by atoms with van der Waals surface area (Å²) in [4.78, 5) is 3.89. The van der Waals surface area contributed by atoms with Gasteiger partial charge in [-0.3, -0.25) is 0 Å². The van der Waals surface area contributed by atoms with Crippen molar-refractivity contribution in [1.82, 2.24) is 4.98 Å². The Morgan fingerprint density at radius 3 is 2.74 bits per heavy atom. The Labute approximate surface area is 119 Å². The van der Waals surface area contributed by atoms with Crippen LogP contribution in [-0.4, -0.2) is 20.5 Å². The van der Waals surface area contributed by atoms with Gasteiger partial charge in [-0.15, -0.1) is 0 Å². The van der Waals surface area contributed by atoms with Crippen molar-refractivity contribution in [3.63, 3.8) is 0 Å². The standard InChI is InChI=1S/C11H11BrN2O4S/c1-7-6-18-11(13-7)14-19(15,16)10-5-8(12)3-4-9(10)17-2/h3-6H,1-2H3,(H,13,14). The minimum Gasteiger partial charge on any atom is -0.495 e. The van der Waals surface area contributed by atoms with E-state index >= 15 is 0 Å². The predicted octanol–water partition coefficient (Wildman–Crippen LogP) is 2.55. The summed E-state index contributed by atoms with van der Waals surface area (Å²) in [6.07, 6.45) is 1.36. The Balaban J connectivity index is 2.41. The molecule has 1 aromatic heterocycles. The van der Waals surface area contributed by atoms with Crippen LogP contribution in [0.4, 0.5) is 6.01 Å². The maximum atomic E-state index is 12.2. The second kappa shape index (κ2) is 5.22. The molecule has 2 rings (SSSR count). The van der Waals surface area contributed by atoms with Crippen molar-refractivity contribution in [1.29, 1.82) is 0 Å². The number of benzene rings is 1. The van der Waals surface area contributed by atoms with Crippen molar-refractivity contribution in [3.05, 3.63) is 34.6 Å². The molecule has 0 atom stereocenters. The molecule has 1 heterocycles. The maximum Gasteiger partial charge on any atom is 0.309 e. The molecule has 0 amide bonds. The summed E-state index contributed by atoms with van der Waals surface area (Å²) >= 11 is 3.22. The highest BCUT2D eigenvalue weighted by Gasteiger charge is 2.21. The van der Waals surface area contributed by atoms with Crippen LogP contribution >= 0.6 is 15.9 Å². The van der Waals surface area contributed by atoms with E-state index in [9.17, 15) is 8.42 Å². The van der Waals surface area contributed by atoms with Crippen molar-refractivity contribution in [2.24, 2.45) is 0 Å². The highest BCUT2D eigenvalue weighted by molar-refractivity contribution is 9.10. The third kappa shape index (κ3) is 3.07. The average molecular weight is 347 g/mol. The minimum atomic E-state index is -3.83. The lowest BCUT2D eigenvalue weighted by Crippen LogP contribution is -2.14. The van der Waals surface area contributed by atoms with E-state index in [1.165, 1.54) is 19.4 Å². The molecule has 0 aliphatic rings. The van der Waals surface area contributed by atoms with Gasteiger partial charge in [0.1, 0.15) is 16.9 Å². The average Bonchev–Trinajstić information content (AvgIpc) is 2.74. The molecule has 0 saturated carbocycles. The van der Waals surface area contributed by atoms with Gasteiger partial charge in [0.15, 0.2) is 0 Å². The maximum absolute atomic E-state index is 12.2. The van der Waals surface area contributed by atoms with E-state index in [0.717, 1.165) is 0 Å². The van der Waals surface area contributed by atoms with Crippen LogP contribution in [0.3, 0.4) is 0 Å². The molecule has 8 heteroatoms. The first-order valence-corrected chi connectivity index (χ1v) is 7.48. The Morgan fingerprint density at radius 1 is 1.42 bits per heavy atom. The van der Waals surface area contributed by atoms with E-state index in [1.807, 2.05) is 0 Å². The first-order valence-electron chi connectivity index (χ1n) is 5.21. The van der Waals surface area contributed by atoms with E-state index in [-0.39, 0.29) is 16.7 Å². The molecule has 1 aromatic carbocycles. The zero-order valence-corrected chi connectivity index (χ0v) is 12.6. The van der Waals surface area contributed by atoms with Crippen molar-refractivity contribution in [2.75, 3.05) is 11.8 Å². The number of hydrogen-bond donors (Lipinski definition) is 1. The number of anilines is 1. The number of nitrogens with zero attached hydrogens (tertiary/aromatic N) is 1. The van der Waals surface area contributed by atoms with E-state index in [4.69, 9.17) is 9.15 Å². The van der Waals surface area contributed by atoms with Crippen LogP contribution in [0.5, 0.6) is 5.75 Å². The number of rotatable bonds is 4. The molecule has 0 aliphatic heterocycles. The lowest BCUT2D eigenvalue weighted by Gasteiger charge is -2.09. The number of methoxy groups -OCH3 is 1. The van der Waals surface area contributed by atoms with E-state index in [1.54, 1.807) is 19.1 Å². The number of aromatic nitrogens is 1. The summed E-state index contributed by atoms with van der Waals surface area (Å²) in [6, 6.07) is 4.60. The van der Waals surface area contributed by atoms with Gasteiger partial charge in [-0.1, -0.05) is 15.9 Å². The zero-order chi connectivity index (χ0) is 14.0.